The van der Waals surface area contributed by atoms with Gasteiger partial charge in [-0.1, -0.05) is 12.1 Å². The largest absolute Gasteiger partial charge is 0.307 e. The molecule has 1 aromatic carbocycles. The van der Waals surface area contributed by atoms with Gasteiger partial charge in [-0.25, -0.2) is 9.37 Å². The summed E-state index contributed by atoms with van der Waals surface area (Å²) in [7, 11) is 0. The van der Waals surface area contributed by atoms with Crippen LogP contribution in [0, 0.1) is 5.82 Å². The number of nitrogens with zero attached hydrogens (tertiary/aromatic N) is 1. The zero-order valence-corrected chi connectivity index (χ0v) is 10.2. The normalized spacial score (nSPS) is 10.9. The van der Waals surface area contributed by atoms with E-state index in [0.29, 0.717) is 10.3 Å². The standard InChI is InChI=1S/C12H8BrFN2O/c13-9-7-8(1-3-10(9)14)2-4-11-15-6-5-12(17)16-11/h1-7H,(H,15,16,17). The molecule has 86 valence electrons. The number of aromatic amines is 1. The average molecular weight is 295 g/mol. The van der Waals surface area contributed by atoms with Crippen molar-refractivity contribution >= 4 is 28.1 Å². The number of nitrogens with one attached hydrogen (secondary N) is 1. The van der Waals surface area contributed by atoms with Crippen LogP contribution in [0.15, 0.2) is 39.7 Å². The van der Waals surface area contributed by atoms with E-state index in [2.05, 4.69) is 25.9 Å². The highest BCUT2D eigenvalue weighted by molar-refractivity contribution is 9.10. The van der Waals surface area contributed by atoms with Gasteiger partial charge in [0.05, 0.1) is 4.47 Å². The highest BCUT2D eigenvalue weighted by Crippen LogP contribution is 2.17. The Bertz CT molecular complexity index is 622. The molecule has 0 amide bonds. The first-order valence-electron chi connectivity index (χ1n) is 4.83. The topological polar surface area (TPSA) is 45.8 Å². The summed E-state index contributed by atoms with van der Waals surface area (Å²) < 4.78 is 13.4. The van der Waals surface area contributed by atoms with Crippen LogP contribution in [0.3, 0.4) is 0 Å². The van der Waals surface area contributed by atoms with E-state index in [9.17, 15) is 9.18 Å². The lowest BCUT2D eigenvalue weighted by molar-refractivity contribution is 0.621. The van der Waals surface area contributed by atoms with E-state index in [1.165, 1.54) is 18.3 Å². The van der Waals surface area contributed by atoms with Crippen molar-refractivity contribution in [3.63, 3.8) is 0 Å². The molecule has 0 fully saturated rings. The molecule has 0 bridgehead atoms. The van der Waals surface area contributed by atoms with Gasteiger partial charge in [-0.05, 0) is 39.7 Å². The van der Waals surface area contributed by atoms with Crippen molar-refractivity contribution < 1.29 is 4.39 Å². The summed E-state index contributed by atoms with van der Waals surface area (Å²) in [4.78, 5) is 17.5. The monoisotopic (exact) mass is 294 g/mol. The van der Waals surface area contributed by atoms with E-state index in [4.69, 9.17) is 0 Å². The van der Waals surface area contributed by atoms with Gasteiger partial charge in [0.25, 0.3) is 5.56 Å². The van der Waals surface area contributed by atoms with Gasteiger partial charge in [-0.2, -0.15) is 0 Å². The van der Waals surface area contributed by atoms with Crippen LogP contribution in [0.4, 0.5) is 4.39 Å². The van der Waals surface area contributed by atoms with Crippen LogP contribution in [-0.2, 0) is 0 Å². The Hall–Kier alpha value is -1.75. The van der Waals surface area contributed by atoms with Crippen LogP contribution >= 0.6 is 15.9 Å². The summed E-state index contributed by atoms with van der Waals surface area (Å²) in [5.41, 5.74) is 0.602. The van der Waals surface area contributed by atoms with Crippen molar-refractivity contribution in [1.82, 2.24) is 9.97 Å². The minimum Gasteiger partial charge on any atom is -0.307 e. The van der Waals surface area contributed by atoms with Crippen LogP contribution in [0.5, 0.6) is 0 Å². The van der Waals surface area contributed by atoms with Crippen LogP contribution in [-0.4, -0.2) is 9.97 Å². The van der Waals surface area contributed by atoms with Crippen LogP contribution in [0.1, 0.15) is 11.4 Å². The fourth-order valence-corrected chi connectivity index (χ4v) is 1.66. The molecule has 2 rings (SSSR count). The zero-order chi connectivity index (χ0) is 12.3. The van der Waals surface area contributed by atoms with Crippen molar-refractivity contribution in [2.24, 2.45) is 0 Å². The van der Waals surface area contributed by atoms with Crippen molar-refractivity contribution in [1.29, 1.82) is 0 Å². The molecule has 1 heterocycles. The van der Waals surface area contributed by atoms with E-state index in [0.717, 1.165) is 5.56 Å². The molecule has 0 aliphatic carbocycles. The number of hydrogen-bond acceptors (Lipinski definition) is 2. The summed E-state index contributed by atoms with van der Waals surface area (Å²) in [5, 5.41) is 0. The molecule has 0 saturated heterocycles. The maximum Gasteiger partial charge on any atom is 0.251 e. The Kier molecular flexibility index (Phi) is 3.49. The number of hydrogen-bond donors (Lipinski definition) is 1. The minimum absolute atomic E-state index is 0.208. The van der Waals surface area contributed by atoms with Crippen molar-refractivity contribution in [3.8, 4) is 0 Å². The first kappa shape index (κ1) is 11.7. The Labute approximate surface area is 105 Å². The van der Waals surface area contributed by atoms with Crippen LogP contribution in [0.25, 0.3) is 12.2 Å². The van der Waals surface area contributed by atoms with Gasteiger partial charge in [-0.3, -0.25) is 4.79 Å². The Morgan fingerprint density at radius 3 is 2.82 bits per heavy atom. The maximum absolute atomic E-state index is 13.0. The third kappa shape index (κ3) is 3.10. The quantitative estimate of drug-likeness (QED) is 0.926. The molecule has 1 N–H and O–H groups in total. The predicted octanol–water partition coefficient (Wildman–Crippen LogP) is 2.84. The lowest BCUT2D eigenvalue weighted by Gasteiger charge is -1.96. The highest BCUT2D eigenvalue weighted by Gasteiger charge is 1.97. The third-order valence-electron chi connectivity index (χ3n) is 2.07. The number of benzene rings is 1. The molecular formula is C12H8BrFN2O. The molecule has 0 aliphatic rings. The number of halogens is 2. The molecule has 1 aromatic heterocycles. The summed E-state index contributed by atoms with van der Waals surface area (Å²) in [6, 6.07) is 5.99. The lowest BCUT2D eigenvalue weighted by Crippen LogP contribution is -2.05. The summed E-state index contributed by atoms with van der Waals surface area (Å²) in [6.07, 6.45) is 4.82. The van der Waals surface area contributed by atoms with Crippen LogP contribution in [0.2, 0.25) is 0 Å². The molecule has 2 aromatic rings. The Balaban J connectivity index is 2.26. The number of rotatable bonds is 2. The molecule has 3 nitrogen and oxygen atoms in total. The summed E-state index contributed by atoms with van der Waals surface area (Å²) >= 11 is 3.10. The number of H-pyrrole nitrogens is 1. The van der Waals surface area contributed by atoms with E-state index >= 15 is 0 Å². The van der Waals surface area contributed by atoms with Gasteiger partial charge in [0, 0.05) is 12.3 Å². The first-order valence-corrected chi connectivity index (χ1v) is 5.63. The Morgan fingerprint density at radius 2 is 2.12 bits per heavy atom. The highest BCUT2D eigenvalue weighted by atomic mass is 79.9. The first-order chi connectivity index (χ1) is 8.15. The van der Waals surface area contributed by atoms with Crippen molar-refractivity contribution in [2.45, 2.75) is 0 Å². The van der Waals surface area contributed by atoms with Crippen molar-refractivity contribution in [2.75, 3.05) is 0 Å². The molecule has 0 saturated carbocycles. The predicted molar refractivity (Wildman–Crippen MR) is 67.9 cm³/mol. The minimum atomic E-state index is -0.312. The average Bonchev–Trinajstić information content (AvgIpc) is 2.31. The SMILES string of the molecule is O=c1ccnc(C=Cc2ccc(F)c(Br)c2)[nH]1. The lowest BCUT2D eigenvalue weighted by atomic mass is 10.2. The second-order valence-corrected chi connectivity index (χ2v) is 4.18. The van der Waals surface area contributed by atoms with Gasteiger partial charge >= 0.3 is 0 Å². The molecule has 5 heteroatoms. The number of aromatic nitrogens is 2. The second kappa shape index (κ2) is 5.05. The van der Waals surface area contributed by atoms with Crippen LogP contribution < -0.4 is 5.56 Å². The maximum atomic E-state index is 13.0. The fourth-order valence-electron chi connectivity index (χ4n) is 1.26. The smallest absolute Gasteiger partial charge is 0.251 e. The Morgan fingerprint density at radius 1 is 1.29 bits per heavy atom. The third-order valence-corrected chi connectivity index (χ3v) is 2.68. The van der Waals surface area contributed by atoms with Gasteiger partial charge in [0.1, 0.15) is 11.6 Å². The summed E-state index contributed by atoms with van der Waals surface area (Å²) in [5.74, 6) is 0.145. The van der Waals surface area contributed by atoms with Gasteiger partial charge < -0.3 is 4.98 Å². The van der Waals surface area contributed by atoms with Crippen molar-refractivity contribution in [3.05, 3.63) is 62.5 Å². The molecule has 17 heavy (non-hydrogen) atoms. The fraction of sp³-hybridized carbons (Fsp3) is 0. The van der Waals surface area contributed by atoms with E-state index in [1.54, 1.807) is 24.3 Å². The molecule has 0 aliphatic heterocycles. The van der Waals surface area contributed by atoms with E-state index in [1.807, 2.05) is 0 Å². The molecule has 0 spiro atoms. The second-order valence-electron chi connectivity index (χ2n) is 3.33. The van der Waals surface area contributed by atoms with Gasteiger partial charge in [-0.15, -0.1) is 0 Å². The molecular weight excluding hydrogens is 287 g/mol. The molecule has 0 unspecified atom stereocenters. The zero-order valence-electron chi connectivity index (χ0n) is 8.65. The van der Waals surface area contributed by atoms with Gasteiger partial charge in [0.2, 0.25) is 0 Å². The summed E-state index contributed by atoms with van der Waals surface area (Å²) in [6.45, 7) is 0. The van der Waals surface area contributed by atoms with Gasteiger partial charge in [0.15, 0.2) is 0 Å². The van der Waals surface area contributed by atoms with E-state index < -0.39 is 0 Å². The van der Waals surface area contributed by atoms with E-state index in [-0.39, 0.29) is 11.4 Å². The molecule has 0 atom stereocenters. The molecule has 0 radical (unpaired) electrons.